The fourth-order valence-electron chi connectivity index (χ4n) is 3.61. The third-order valence-electron chi connectivity index (χ3n) is 4.73. The second kappa shape index (κ2) is 8.55. The Morgan fingerprint density at radius 2 is 1.58 bits per heavy atom. The average Bonchev–Trinajstić information content (AvgIpc) is 2.45. The number of rotatable bonds is 5. The molecule has 1 rings (SSSR count). The number of allylic oxidation sites excluding steroid dienone is 1. The highest BCUT2D eigenvalue weighted by Crippen LogP contribution is 2.41. The Labute approximate surface area is 152 Å². The maximum Gasteiger partial charge on any atom is 0.242 e. The summed E-state index contributed by atoms with van der Waals surface area (Å²) in [5, 5.41) is 0.574. The molecule has 1 aromatic carbocycles. The van der Waals surface area contributed by atoms with Crippen molar-refractivity contribution in [3.8, 4) is 11.5 Å². The number of amides is 1. The molecular weight excluding hydrogens is 334 g/mol. The Morgan fingerprint density at radius 1 is 1.08 bits per heavy atom. The molecule has 0 heterocycles. The van der Waals surface area contributed by atoms with Crippen LogP contribution in [0.5, 0.6) is 0 Å². The van der Waals surface area contributed by atoms with Crippen LogP contribution >= 0.6 is 11.6 Å². The van der Waals surface area contributed by atoms with E-state index >= 15 is 0 Å². The first kappa shape index (κ1) is 20.5. The van der Waals surface area contributed by atoms with E-state index in [2.05, 4.69) is 53.0 Å². The van der Waals surface area contributed by atoms with Crippen molar-refractivity contribution in [3.05, 3.63) is 40.9 Å². The van der Waals surface area contributed by atoms with Crippen LogP contribution in [0.3, 0.4) is 0 Å². The third-order valence-corrected chi connectivity index (χ3v) is 11.3. The lowest BCUT2D eigenvalue weighted by Crippen LogP contribution is -2.43. The first-order valence-electron chi connectivity index (χ1n) is 8.42. The number of halogens is 1. The normalized spacial score (nSPS) is 12.5. The molecule has 0 saturated heterocycles. The minimum atomic E-state index is -1.89. The summed E-state index contributed by atoms with van der Waals surface area (Å²) < 4.78 is 0. The topological polar surface area (TPSA) is 43.1 Å². The maximum atomic E-state index is 11.5. The van der Waals surface area contributed by atoms with Gasteiger partial charge < -0.3 is 5.73 Å². The van der Waals surface area contributed by atoms with Crippen molar-refractivity contribution in [2.24, 2.45) is 5.73 Å². The molecule has 2 nitrogen and oxygen atoms in total. The number of hydrogen-bond acceptors (Lipinski definition) is 1. The van der Waals surface area contributed by atoms with Crippen LogP contribution in [0.15, 0.2) is 30.3 Å². The van der Waals surface area contributed by atoms with Gasteiger partial charge in [-0.3, -0.25) is 4.79 Å². The molecule has 130 valence electrons. The predicted octanol–water partition coefficient (Wildman–Crippen LogP) is 5.43. The fourth-order valence-corrected chi connectivity index (χ4v) is 9.07. The monoisotopic (exact) mass is 361 g/mol. The molecule has 1 aromatic rings. The Kier molecular flexibility index (Phi) is 7.32. The van der Waals surface area contributed by atoms with Gasteiger partial charge in [-0.15, -0.1) is 5.54 Å². The van der Waals surface area contributed by atoms with Gasteiger partial charge in [-0.25, -0.2) is 0 Å². The van der Waals surface area contributed by atoms with Gasteiger partial charge in [0.2, 0.25) is 5.91 Å². The Hall–Kier alpha value is -1.50. The van der Waals surface area contributed by atoms with E-state index < -0.39 is 14.0 Å². The molecule has 0 fully saturated rings. The van der Waals surface area contributed by atoms with E-state index in [0.717, 1.165) is 5.56 Å². The SMILES string of the molecule is CC(C)[Si](C#C/C(=C\C(N)=O)c1ccccc1Cl)(C(C)C)C(C)C. The zero-order valence-corrected chi connectivity index (χ0v) is 17.2. The van der Waals surface area contributed by atoms with Gasteiger partial charge in [0.25, 0.3) is 0 Å². The van der Waals surface area contributed by atoms with Crippen molar-refractivity contribution < 1.29 is 4.79 Å². The molecule has 0 aliphatic heterocycles. The molecule has 0 bridgehead atoms. The molecule has 0 saturated carbocycles. The largest absolute Gasteiger partial charge is 0.366 e. The van der Waals surface area contributed by atoms with Crippen LogP contribution in [0, 0.1) is 11.5 Å². The molecule has 0 aliphatic carbocycles. The van der Waals surface area contributed by atoms with Crippen molar-refractivity contribution >= 4 is 31.2 Å². The van der Waals surface area contributed by atoms with Gasteiger partial charge in [0.15, 0.2) is 0 Å². The van der Waals surface area contributed by atoms with Crippen molar-refractivity contribution in [1.82, 2.24) is 0 Å². The standard InChI is InChI=1S/C20H28ClNOSi/c1-14(2)24(15(3)4,16(5)6)12-11-17(13-20(22)23)18-9-7-8-10-19(18)21/h7-10,13-16H,1-6H3,(H2,22,23)/b17-13+. The second-order valence-corrected chi connectivity index (χ2v) is 13.1. The van der Waals surface area contributed by atoms with Gasteiger partial charge in [-0.1, -0.05) is 77.3 Å². The summed E-state index contributed by atoms with van der Waals surface area (Å²) in [5.41, 5.74) is 11.9. The van der Waals surface area contributed by atoms with E-state index in [1.807, 2.05) is 18.2 Å². The van der Waals surface area contributed by atoms with Gasteiger partial charge in [-0.2, -0.15) is 0 Å². The smallest absolute Gasteiger partial charge is 0.242 e. The third kappa shape index (κ3) is 4.52. The van der Waals surface area contributed by atoms with Crippen LogP contribution in [-0.2, 0) is 4.79 Å². The highest BCUT2D eigenvalue weighted by Gasteiger charge is 2.41. The first-order chi connectivity index (χ1) is 11.1. The number of nitrogens with two attached hydrogens (primary N) is 1. The molecule has 2 N–H and O–H groups in total. The van der Waals surface area contributed by atoms with E-state index in [-0.39, 0.29) is 0 Å². The van der Waals surface area contributed by atoms with Crippen LogP contribution in [0.25, 0.3) is 5.57 Å². The van der Waals surface area contributed by atoms with E-state index in [4.69, 9.17) is 17.3 Å². The van der Waals surface area contributed by atoms with E-state index in [1.165, 1.54) is 6.08 Å². The summed E-state index contributed by atoms with van der Waals surface area (Å²) in [6, 6.07) is 7.41. The molecule has 0 radical (unpaired) electrons. The summed E-state index contributed by atoms with van der Waals surface area (Å²) in [6.07, 6.45) is 1.38. The molecular formula is C20H28ClNOSi. The number of primary amides is 1. The van der Waals surface area contributed by atoms with Crippen molar-refractivity contribution in [3.63, 3.8) is 0 Å². The van der Waals surface area contributed by atoms with Gasteiger partial charge in [0, 0.05) is 22.2 Å². The number of benzene rings is 1. The van der Waals surface area contributed by atoms with Crippen molar-refractivity contribution in [1.29, 1.82) is 0 Å². The van der Waals surface area contributed by atoms with Crippen LogP contribution in [-0.4, -0.2) is 14.0 Å². The molecule has 0 aliphatic rings. The highest BCUT2D eigenvalue weighted by atomic mass is 35.5. The fraction of sp³-hybridized carbons (Fsp3) is 0.450. The number of hydrogen-bond donors (Lipinski definition) is 1. The molecule has 4 heteroatoms. The quantitative estimate of drug-likeness (QED) is 0.424. The van der Waals surface area contributed by atoms with Gasteiger partial charge in [0.1, 0.15) is 8.07 Å². The van der Waals surface area contributed by atoms with Crippen LogP contribution in [0.1, 0.15) is 47.1 Å². The molecule has 0 atom stereocenters. The van der Waals surface area contributed by atoms with E-state index in [9.17, 15) is 4.79 Å². The van der Waals surface area contributed by atoms with Crippen LogP contribution < -0.4 is 5.73 Å². The minimum Gasteiger partial charge on any atom is -0.366 e. The van der Waals surface area contributed by atoms with Crippen LogP contribution in [0.2, 0.25) is 21.6 Å². The molecule has 1 amide bonds. The molecule has 0 aromatic heterocycles. The highest BCUT2D eigenvalue weighted by molar-refractivity contribution is 6.90. The number of carbonyl (C=O) groups is 1. The summed E-state index contributed by atoms with van der Waals surface area (Å²) in [6.45, 7) is 13.5. The van der Waals surface area contributed by atoms with Gasteiger partial charge in [0.05, 0.1) is 0 Å². The predicted molar refractivity (Wildman–Crippen MR) is 107 cm³/mol. The molecule has 24 heavy (non-hydrogen) atoms. The summed E-state index contributed by atoms with van der Waals surface area (Å²) in [7, 11) is -1.89. The molecule has 0 unspecified atom stereocenters. The summed E-state index contributed by atoms with van der Waals surface area (Å²) in [5.74, 6) is 2.77. The summed E-state index contributed by atoms with van der Waals surface area (Å²) in [4.78, 5) is 11.5. The van der Waals surface area contributed by atoms with E-state index in [1.54, 1.807) is 6.07 Å². The lowest BCUT2D eigenvalue weighted by atomic mass is 10.1. The second-order valence-electron chi connectivity index (χ2n) is 7.09. The Bertz CT molecular complexity index is 659. The number of carbonyl (C=O) groups excluding carboxylic acids is 1. The Morgan fingerprint density at radius 3 is 2.00 bits per heavy atom. The zero-order valence-electron chi connectivity index (χ0n) is 15.5. The average molecular weight is 362 g/mol. The van der Waals surface area contributed by atoms with Crippen molar-refractivity contribution in [2.75, 3.05) is 0 Å². The van der Waals surface area contributed by atoms with Gasteiger partial charge >= 0.3 is 0 Å². The molecule has 0 spiro atoms. The van der Waals surface area contributed by atoms with Gasteiger partial charge in [-0.05, 0) is 22.7 Å². The van der Waals surface area contributed by atoms with Crippen molar-refractivity contribution in [2.45, 2.75) is 58.2 Å². The van der Waals surface area contributed by atoms with E-state index in [0.29, 0.717) is 27.2 Å². The van der Waals surface area contributed by atoms with Crippen LogP contribution in [0.4, 0.5) is 0 Å². The maximum absolute atomic E-state index is 11.5. The Balaban J connectivity index is 3.53. The lowest BCUT2D eigenvalue weighted by Gasteiger charge is -2.38. The lowest BCUT2D eigenvalue weighted by molar-refractivity contribution is -0.113. The minimum absolute atomic E-state index is 0.509. The first-order valence-corrected chi connectivity index (χ1v) is 11.0. The zero-order chi connectivity index (χ0) is 18.5. The summed E-state index contributed by atoms with van der Waals surface area (Å²) >= 11 is 6.29.